The number of halogens is 1. The third kappa shape index (κ3) is 4.44. The molecule has 1 aromatic carbocycles. The molecule has 0 aliphatic carbocycles. The number of hydrogen-bond acceptors (Lipinski definition) is 5. The predicted molar refractivity (Wildman–Crippen MR) is 95.4 cm³/mol. The van der Waals surface area contributed by atoms with Crippen LogP contribution in [0.4, 0.5) is 0 Å². The lowest BCUT2D eigenvalue weighted by Crippen LogP contribution is -2.33. The standard InChI is InChI=1S/C16H18ClNO5S2/c17-14-4-1-3-13(9-14)11-25(21,22)18-7-6-16(10-18)24(19,20)12-15-5-2-8-23-15/h1-5,8-9,16H,6-7,10-12H2/t16-/m0/s1. The lowest BCUT2D eigenvalue weighted by molar-refractivity contribution is 0.475. The topological polar surface area (TPSA) is 84.7 Å². The van der Waals surface area contributed by atoms with E-state index in [1.54, 1.807) is 36.4 Å². The van der Waals surface area contributed by atoms with E-state index in [4.69, 9.17) is 16.0 Å². The summed E-state index contributed by atoms with van der Waals surface area (Å²) in [4.78, 5) is 0. The summed E-state index contributed by atoms with van der Waals surface area (Å²) >= 11 is 5.89. The SMILES string of the molecule is O=S(=O)(Cc1ccco1)[C@H]1CCN(S(=O)(=O)Cc2cccc(Cl)c2)C1. The first-order valence-corrected chi connectivity index (χ1v) is 11.4. The summed E-state index contributed by atoms with van der Waals surface area (Å²) in [5.74, 6) is -0.0500. The highest BCUT2D eigenvalue weighted by atomic mass is 35.5. The van der Waals surface area contributed by atoms with Crippen LogP contribution in [-0.4, -0.2) is 39.5 Å². The molecule has 0 amide bonds. The molecule has 6 nitrogen and oxygen atoms in total. The smallest absolute Gasteiger partial charge is 0.218 e. The van der Waals surface area contributed by atoms with E-state index in [1.807, 2.05) is 0 Å². The second-order valence-electron chi connectivity index (χ2n) is 6.04. The van der Waals surface area contributed by atoms with Crippen molar-refractivity contribution in [2.75, 3.05) is 13.1 Å². The monoisotopic (exact) mass is 403 g/mol. The van der Waals surface area contributed by atoms with Gasteiger partial charge in [0.15, 0.2) is 9.84 Å². The fourth-order valence-corrected chi connectivity index (χ4v) is 6.43. The van der Waals surface area contributed by atoms with E-state index in [0.717, 1.165) is 0 Å². The van der Waals surface area contributed by atoms with Gasteiger partial charge in [-0.2, -0.15) is 0 Å². The van der Waals surface area contributed by atoms with E-state index >= 15 is 0 Å². The highest BCUT2D eigenvalue weighted by Crippen LogP contribution is 2.25. The van der Waals surface area contributed by atoms with Crippen molar-refractivity contribution in [3.8, 4) is 0 Å². The maximum absolute atomic E-state index is 12.6. The average Bonchev–Trinajstić information content (AvgIpc) is 3.17. The molecule has 0 spiro atoms. The molecule has 1 saturated heterocycles. The highest BCUT2D eigenvalue weighted by molar-refractivity contribution is 7.91. The summed E-state index contributed by atoms with van der Waals surface area (Å²) in [5.41, 5.74) is 0.578. The molecule has 25 heavy (non-hydrogen) atoms. The Bertz CT molecular complexity index is 939. The van der Waals surface area contributed by atoms with Crippen LogP contribution in [0.3, 0.4) is 0 Å². The Kier molecular flexibility index (Phi) is 5.24. The number of sulfone groups is 1. The molecule has 3 rings (SSSR count). The molecule has 1 aromatic heterocycles. The number of nitrogens with zero attached hydrogens (tertiary/aromatic N) is 1. The summed E-state index contributed by atoms with van der Waals surface area (Å²) in [7, 11) is -7.07. The molecule has 0 N–H and O–H groups in total. The van der Waals surface area contributed by atoms with E-state index in [-0.39, 0.29) is 31.0 Å². The van der Waals surface area contributed by atoms with Gasteiger partial charge in [-0.15, -0.1) is 0 Å². The number of sulfonamides is 1. The van der Waals surface area contributed by atoms with Crippen LogP contribution in [0, 0.1) is 0 Å². The van der Waals surface area contributed by atoms with Crippen LogP contribution in [-0.2, 0) is 31.4 Å². The molecule has 2 heterocycles. The van der Waals surface area contributed by atoms with Gasteiger partial charge in [-0.1, -0.05) is 23.7 Å². The van der Waals surface area contributed by atoms with Gasteiger partial charge in [-0.25, -0.2) is 21.1 Å². The van der Waals surface area contributed by atoms with Gasteiger partial charge in [-0.3, -0.25) is 0 Å². The zero-order chi connectivity index (χ0) is 18.1. The Morgan fingerprint density at radius 1 is 1.12 bits per heavy atom. The molecular weight excluding hydrogens is 386 g/mol. The summed E-state index contributed by atoms with van der Waals surface area (Å²) in [6.07, 6.45) is 1.71. The average molecular weight is 404 g/mol. The lowest BCUT2D eigenvalue weighted by Gasteiger charge is -2.17. The maximum Gasteiger partial charge on any atom is 0.218 e. The van der Waals surface area contributed by atoms with Gasteiger partial charge in [0.1, 0.15) is 11.5 Å². The first kappa shape index (κ1) is 18.4. The summed E-state index contributed by atoms with van der Waals surface area (Å²) in [6.45, 7) is 0.177. The molecule has 0 radical (unpaired) electrons. The van der Waals surface area contributed by atoms with Crippen LogP contribution in [0.25, 0.3) is 0 Å². The molecule has 1 fully saturated rings. The van der Waals surface area contributed by atoms with E-state index < -0.39 is 25.1 Å². The summed E-state index contributed by atoms with van der Waals surface area (Å²) in [5, 5.41) is -0.250. The number of furan rings is 1. The molecule has 2 aromatic rings. The fourth-order valence-electron chi connectivity index (χ4n) is 2.88. The minimum Gasteiger partial charge on any atom is -0.468 e. The normalized spacial score (nSPS) is 19.3. The van der Waals surface area contributed by atoms with Crippen molar-refractivity contribution in [1.29, 1.82) is 0 Å². The number of benzene rings is 1. The molecular formula is C16H18ClNO5S2. The van der Waals surface area contributed by atoms with Crippen molar-refractivity contribution in [3.63, 3.8) is 0 Å². The summed E-state index contributed by atoms with van der Waals surface area (Å²) < 4.78 is 56.4. The Morgan fingerprint density at radius 3 is 2.60 bits per heavy atom. The molecule has 0 saturated carbocycles. The largest absolute Gasteiger partial charge is 0.468 e. The van der Waals surface area contributed by atoms with Gasteiger partial charge >= 0.3 is 0 Å². The van der Waals surface area contributed by atoms with E-state index in [0.29, 0.717) is 16.3 Å². The minimum absolute atomic E-state index is 0.0219. The van der Waals surface area contributed by atoms with E-state index in [1.165, 1.54) is 10.6 Å². The third-order valence-corrected chi connectivity index (χ3v) is 8.31. The van der Waals surface area contributed by atoms with E-state index in [2.05, 4.69) is 0 Å². The first-order chi connectivity index (χ1) is 11.8. The maximum atomic E-state index is 12.6. The Balaban J connectivity index is 1.69. The molecule has 0 unspecified atom stereocenters. The Labute approximate surface area is 152 Å². The molecule has 9 heteroatoms. The molecule has 1 atom stereocenters. The van der Waals surface area contributed by atoms with Crippen LogP contribution >= 0.6 is 11.6 Å². The quantitative estimate of drug-likeness (QED) is 0.739. The molecule has 0 bridgehead atoms. The second-order valence-corrected chi connectivity index (χ2v) is 10.7. The van der Waals surface area contributed by atoms with Gasteiger partial charge in [0, 0.05) is 18.1 Å². The third-order valence-electron chi connectivity index (χ3n) is 4.17. The van der Waals surface area contributed by atoms with Gasteiger partial charge in [-0.05, 0) is 36.2 Å². The zero-order valence-corrected chi connectivity index (χ0v) is 15.7. The van der Waals surface area contributed by atoms with Crippen LogP contribution < -0.4 is 0 Å². The first-order valence-electron chi connectivity index (χ1n) is 7.72. The second kappa shape index (κ2) is 7.11. The highest BCUT2D eigenvalue weighted by Gasteiger charge is 2.38. The van der Waals surface area contributed by atoms with Gasteiger partial charge in [0.05, 0.1) is 17.3 Å². The fraction of sp³-hybridized carbons (Fsp3) is 0.375. The molecule has 1 aliphatic rings. The zero-order valence-electron chi connectivity index (χ0n) is 13.3. The lowest BCUT2D eigenvalue weighted by atomic mass is 10.2. The van der Waals surface area contributed by atoms with Crippen molar-refractivity contribution in [2.24, 2.45) is 0 Å². The van der Waals surface area contributed by atoms with Crippen LogP contribution in [0.2, 0.25) is 5.02 Å². The molecule has 136 valence electrons. The van der Waals surface area contributed by atoms with Gasteiger partial charge in [0.25, 0.3) is 0 Å². The van der Waals surface area contributed by atoms with Gasteiger partial charge in [0.2, 0.25) is 10.0 Å². The summed E-state index contributed by atoms with van der Waals surface area (Å²) in [6, 6.07) is 9.87. The van der Waals surface area contributed by atoms with Crippen molar-refractivity contribution in [2.45, 2.75) is 23.2 Å². The van der Waals surface area contributed by atoms with Crippen LogP contribution in [0.15, 0.2) is 47.1 Å². The van der Waals surface area contributed by atoms with Crippen molar-refractivity contribution < 1.29 is 21.3 Å². The van der Waals surface area contributed by atoms with Crippen molar-refractivity contribution in [3.05, 3.63) is 59.0 Å². The minimum atomic E-state index is -3.60. The number of rotatable bonds is 6. The van der Waals surface area contributed by atoms with Crippen molar-refractivity contribution in [1.82, 2.24) is 4.31 Å². The molecule has 1 aliphatic heterocycles. The number of hydrogen-bond donors (Lipinski definition) is 0. The van der Waals surface area contributed by atoms with Crippen molar-refractivity contribution >= 4 is 31.5 Å². The Morgan fingerprint density at radius 2 is 1.92 bits per heavy atom. The van der Waals surface area contributed by atoms with Gasteiger partial charge < -0.3 is 4.42 Å². The van der Waals surface area contributed by atoms with Crippen LogP contribution in [0.5, 0.6) is 0 Å². The van der Waals surface area contributed by atoms with Crippen LogP contribution in [0.1, 0.15) is 17.7 Å². The van der Waals surface area contributed by atoms with E-state index in [9.17, 15) is 16.8 Å². The Hall–Kier alpha value is -1.35. The predicted octanol–water partition coefficient (Wildman–Crippen LogP) is 2.45.